The number of aromatic nitrogens is 2. The third kappa shape index (κ3) is 2.89. The van der Waals surface area contributed by atoms with Gasteiger partial charge in [-0.2, -0.15) is 0 Å². The van der Waals surface area contributed by atoms with Crippen LogP contribution in [0.2, 0.25) is 0 Å². The van der Waals surface area contributed by atoms with E-state index >= 15 is 0 Å². The first kappa shape index (κ1) is 17.9. The van der Waals surface area contributed by atoms with Crippen molar-refractivity contribution < 1.29 is 19.1 Å². The molecule has 2 atom stereocenters. The molecule has 8 nitrogen and oxygen atoms in total. The Morgan fingerprint density at radius 3 is 2.70 bits per heavy atom. The molecule has 1 spiro atoms. The van der Waals surface area contributed by atoms with Crippen molar-refractivity contribution in [2.24, 2.45) is 0 Å². The number of hydrogen-bond donors (Lipinski definition) is 2. The van der Waals surface area contributed by atoms with Crippen LogP contribution in [0.1, 0.15) is 30.0 Å². The summed E-state index contributed by atoms with van der Waals surface area (Å²) in [5, 5.41) is 13.6. The Balaban J connectivity index is 1.52. The number of amides is 1. The molecule has 2 heterocycles. The van der Waals surface area contributed by atoms with Crippen molar-refractivity contribution in [1.82, 2.24) is 15.1 Å². The van der Waals surface area contributed by atoms with Crippen molar-refractivity contribution in [3.05, 3.63) is 52.0 Å². The summed E-state index contributed by atoms with van der Waals surface area (Å²) >= 11 is 0. The van der Waals surface area contributed by atoms with Gasteiger partial charge in [-0.05, 0) is 43.3 Å². The normalized spacial score (nSPS) is 23.8. The molecule has 0 bridgehead atoms. The summed E-state index contributed by atoms with van der Waals surface area (Å²) in [6, 6.07) is 8.22. The first-order chi connectivity index (χ1) is 12.9. The molecule has 2 aromatic rings. The molecule has 2 N–H and O–H groups in total. The molecule has 1 fully saturated rings. The molecule has 27 heavy (non-hydrogen) atoms. The second-order valence-corrected chi connectivity index (χ2v) is 7.75. The standard InChI is InChI=1S/C19H24N4O4/c1-21(2)17-13-5-3-4-6-14(13)19(18(17)26)7-9-22(10-8-19)15(24)11-23-12-16(25)27-20-23/h3-6,12,17-18,26H,7-11H2,1-2H3/p+1/t17-,18+/m1/s1. The molecule has 1 aliphatic heterocycles. The maximum atomic E-state index is 12.6. The highest BCUT2D eigenvalue weighted by Crippen LogP contribution is 2.52. The molecule has 8 heteroatoms. The van der Waals surface area contributed by atoms with Gasteiger partial charge in [-0.1, -0.05) is 28.9 Å². The van der Waals surface area contributed by atoms with Crippen LogP contribution in [0.15, 0.2) is 39.8 Å². The summed E-state index contributed by atoms with van der Waals surface area (Å²) in [5.74, 6) is -0.0724. The van der Waals surface area contributed by atoms with Crippen LogP contribution in [-0.4, -0.2) is 59.4 Å². The Bertz CT molecular complexity index is 895. The van der Waals surface area contributed by atoms with Crippen LogP contribution < -0.4 is 10.3 Å². The largest absolute Gasteiger partial charge is 0.426 e. The number of carbonyl (C=O) groups is 1. The molecule has 1 aromatic carbocycles. The molecule has 0 radical (unpaired) electrons. The van der Waals surface area contributed by atoms with Gasteiger partial charge in [0.25, 0.3) is 18.6 Å². The highest BCUT2D eigenvalue weighted by molar-refractivity contribution is 5.74. The van der Waals surface area contributed by atoms with Crippen molar-refractivity contribution in [3.63, 3.8) is 0 Å². The van der Waals surface area contributed by atoms with E-state index in [1.807, 2.05) is 26.2 Å². The van der Waals surface area contributed by atoms with E-state index < -0.39 is 11.7 Å². The van der Waals surface area contributed by atoms with Gasteiger partial charge in [0, 0.05) is 18.5 Å². The van der Waals surface area contributed by atoms with E-state index in [9.17, 15) is 14.7 Å². The van der Waals surface area contributed by atoms with E-state index in [1.54, 1.807) is 4.90 Å². The molecule has 1 amide bonds. The highest BCUT2D eigenvalue weighted by Gasteiger charge is 2.53. The summed E-state index contributed by atoms with van der Waals surface area (Å²) in [7, 11) is 3.98. The van der Waals surface area contributed by atoms with Crippen molar-refractivity contribution in [2.45, 2.75) is 36.9 Å². The van der Waals surface area contributed by atoms with E-state index in [0.717, 1.165) is 0 Å². The molecule has 2 aliphatic rings. The number of benzene rings is 1. The number of piperidine rings is 1. The molecule has 4 rings (SSSR count). The first-order valence-corrected chi connectivity index (χ1v) is 9.22. The molecular formula is C19H25N4O4+. The Morgan fingerprint density at radius 1 is 1.37 bits per heavy atom. The molecule has 0 saturated carbocycles. The summed E-state index contributed by atoms with van der Waals surface area (Å²) in [4.78, 5) is 27.5. The lowest BCUT2D eigenvalue weighted by Gasteiger charge is -2.43. The fourth-order valence-electron chi connectivity index (χ4n) is 4.73. The number of likely N-dealkylation sites (N-methyl/N-ethyl adjacent to an activating group) is 1. The lowest BCUT2D eigenvalue weighted by molar-refractivity contribution is -0.751. The number of fused-ring (bicyclic) bond motifs is 2. The summed E-state index contributed by atoms with van der Waals surface area (Å²) < 4.78 is 5.93. The van der Waals surface area contributed by atoms with Crippen molar-refractivity contribution in [2.75, 3.05) is 27.2 Å². The number of carbonyl (C=O) groups excluding carboxylic acids is 1. The van der Waals surface area contributed by atoms with Crippen LogP contribution in [0.25, 0.3) is 0 Å². The SMILES string of the molecule is CN(C)[C@@H]1c2ccccc2C2(CCN(C(=O)C[n+]3cc(=O)o[nH]3)CC2)[C@H]1O. The Hall–Kier alpha value is -2.45. The van der Waals surface area contributed by atoms with E-state index in [-0.39, 0.29) is 23.9 Å². The van der Waals surface area contributed by atoms with E-state index in [4.69, 9.17) is 0 Å². The van der Waals surface area contributed by atoms with Crippen molar-refractivity contribution in [1.29, 1.82) is 0 Å². The van der Waals surface area contributed by atoms with Crippen molar-refractivity contribution in [3.8, 4) is 0 Å². The minimum absolute atomic E-state index is 0.0324. The predicted octanol–water partition coefficient (Wildman–Crippen LogP) is -0.207. The van der Waals surface area contributed by atoms with E-state index in [1.165, 1.54) is 22.0 Å². The number of rotatable bonds is 3. The zero-order chi connectivity index (χ0) is 19.2. The van der Waals surface area contributed by atoms with Crippen LogP contribution in [0, 0.1) is 0 Å². The maximum Gasteiger partial charge on any atom is 0.426 e. The predicted molar refractivity (Wildman–Crippen MR) is 95.9 cm³/mol. The Labute approximate surface area is 156 Å². The van der Waals surface area contributed by atoms with Gasteiger partial charge in [0.15, 0.2) is 0 Å². The quantitative estimate of drug-likeness (QED) is 0.727. The third-order valence-corrected chi connectivity index (χ3v) is 6.08. The number of aromatic amines is 1. The number of aliphatic hydroxyl groups is 1. The minimum atomic E-state index is -0.513. The van der Waals surface area contributed by atoms with Gasteiger partial charge in [0.1, 0.15) is 0 Å². The van der Waals surface area contributed by atoms with Gasteiger partial charge in [-0.15, -0.1) is 0 Å². The van der Waals surface area contributed by atoms with Gasteiger partial charge in [-0.3, -0.25) is 9.32 Å². The number of H-pyrrole nitrogens is 1. The van der Waals surface area contributed by atoms with Crippen LogP contribution in [0.3, 0.4) is 0 Å². The third-order valence-electron chi connectivity index (χ3n) is 6.08. The monoisotopic (exact) mass is 373 g/mol. The molecule has 0 unspecified atom stereocenters. The number of likely N-dealkylation sites (tertiary alicyclic amines) is 1. The lowest BCUT2D eigenvalue weighted by Crippen LogP contribution is -2.53. The zero-order valence-electron chi connectivity index (χ0n) is 15.6. The number of nitrogens with one attached hydrogen (secondary N) is 1. The van der Waals surface area contributed by atoms with Crippen molar-refractivity contribution >= 4 is 5.91 Å². The van der Waals surface area contributed by atoms with E-state index in [2.05, 4.69) is 26.8 Å². The average molecular weight is 373 g/mol. The van der Waals surface area contributed by atoms with Crippen LogP contribution in [0.5, 0.6) is 0 Å². The summed E-state index contributed by atoms with van der Waals surface area (Å²) in [6.45, 7) is 1.19. The smallest absolute Gasteiger partial charge is 0.390 e. The molecule has 1 aromatic heterocycles. The molecule has 1 saturated heterocycles. The Morgan fingerprint density at radius 2 is 2.07 bits per heavy atom. The van der Waals surface area contributed by atoms with Gasteiger partial charge < -0.3 is 14.9 Å². The molecule has 144 valence electrons. The second-order valence-electron chi connectivity index (χ2n) is 7.75. The first-order valence-electron chi connectivity index (χ1n) is 9.22. The van der Waals surface area contributed by atoms with Gasteiger partial charge in [0.05, 0.1) is 12.1 Å². The summed E-state index contributed by atoms with van der Waals surface area (Å²) in [6.07, 6.45) is 2.16. The minimum Gasteiger partial charge on any atom is -0.390 e. The zero-order valence-corrected chi connectivity index (χ0v) is 15.6. The number of aliphatic hydroxyl groups excluding tert-OH is 1. The fourth-order valence-corrected chi connectivity index (χ4v) is 4.73. The molecule has 1 aliphatic carbocycles. The number of nitrogens with zero attached hydrogens (tertiary/aromatic N) is 3. The highest BCUT2D eigenvalue weighted by atomic mass is 16.5. The van der Waals surface area contributed by atoms with E-state index in [0.29, 0.717) is 25.9 Å². The summed E-state index contributed by atoms with van der Waals surface area (Å²) in [5.41, 5.74) is 1.55. The Kier molecular flexibility index (Phi) is 4.39. The second kappa shape index (κ2) is 6.61. The maximum absolute atomic E-state index is 12.6. The van der Waals surface area contributed by atoms with Crippen LogP contribution in [-0.2, 0) is 16.8 Å². The fraction of sp³-hybridized carbons (Fsp3) is 0.526. The molecular weight excluding hydrogens is 348 g/mol. The average Bonchev–Trinajstić information content (AvgIpc) is 3.16. The van der Waals surface area contributed by atoms with Crippen LogP contribution in [0.4, 0.5) is 0 Å². The topological polar surface area (TPSA) is 93.7 Å². The lowest BCUT2D eigenvalue weighted by atomic mass is 9.72. The number of hydrogen-bond acceptors (Lipinski definition) is 5. The van der Waals surface area contributed by atoms with Gasteiger partial charge in [0.2, 0.25) is 0 Å². The van der Waals surface area contributed by atoms with Crippen LogP contribution >= 0.6 is 0 Å². The van der Waals surface area contributed by atoms with Gasteiger partial charge in [-0.25, -0.2) is 4.79 Å². The van der Waals surface area contributed by atoms with Gasteiger partial charge >= 0.3 is 5.63 Å².